The fourth-order valence-electron chi connectivity index (χ4n) is 2.35. The average Bonchev–Trinajstić information content (AvgIpc) is 2.59. The van der Waals surface area contributed by atoms with Crippen LogP contribution >= 0.6 is 0 Å². The van der Waals surface area contributed by atoms with Crippen molar-refractivity contribution in [1.29, 1.82) is 0 Å². The number of nitrogens with one attached hydrogen (secondary N) is 1. The molecule has 0 saturated carbocycles. The van der Waals surface area contributed by atoms with E-state index in [1.54, 1.807) is 4.90 Å². The van der Waals surface area contributed by atoms with Crippen LogP contribution < -0.4 is 11.3 Å². The van der Waals surface area contributed by atoms with Gasteiger partial charge >= 0.3 is 6.09 Å². The Hall–Kier alpha value is -2.12. The van der Waals surface area contributed by atoms with E-state index in [4.69, 9.17) is 15.3 Å². The maximum absolute atomic E-state index is 12.2. The highest BCUT2D eigenvalue weighted by molar-refractivity contribution is 5.76. The Kier molecular flexibility index (Phi) is 6.17. The normalized spacial score (nSPS) is 16.0. The van der Waals surface area contributed by atoms with Crippen molar-refractivity contribution in [3.8, 4) is 0 Å². The second-order valence-corrected chi connectivity index (χ2v) is 4.98. The van der Waals surface area contributed by atoms with Crippen molar-refractivity contribution in [2.24, 2.45) is 5.84 Å². The Morgan fingerprint density at radius 3 is 2.59 bits per heavy atom. The number of hydrogen-bond donors (Lipinski definition) is 2. The van der Waals surface area contributed by atoms with Gasteiger partial charge in [-0.15, -0.1) is 0 Å². The summed E-state index contributed by atoms with van der Waals surface area (Å²) in [6.45, 7) is 2.36. The van der Waals surface area contributed by atoms with Crippen molar-refractivity contribution < 1.29 is 19.1 Å². The summed E-state index contributed by atoms with van der Waals surface area (Å²) in [6.07, 6.45) is -0.507. The van der Waals surface area contributed by atoms with Gasteiger partial charge in [-0.1, -0.05) is 30.3 Å². The molecular formula is C15H21N3O4. The van der Waals surface area contributed by atoms with Gasteiger partial charge in [0, 0.05) is 19.5 Å². The number of amides is 2. The molecule has 1 aromatic carbocycles. The number of nitrogens with zero attached hydrogens (tertiary/aromatic N) is 1. The summed E-state index contributed by atoms with van der Waals surface area (Å²) in [5, 5.41) is 0. The van der Waals surface area contributed by atoms with Gasteiger partial charge in [-0.3, -0.25) is 10.2 Å². The maximum Gasteiger partial charge on any atom is 0.422 e. The van der Waals surface area contributed by atoms with Crippen LogP contribution in [0.3, 0.4) is 0 Å². The smallest absolute Gasteiger partial charge is 0.422 e. The van der Waals surface area contributed by atoms with Gasteiger partial charge in [-0.25, -0.2) is 10.6 Å². The summed E-state index contributed by atoms with van der Waals surface area (Å²) < 4.78 is 10.5. The maximum atomic E-state index is 12.2. The lowest BCUT2D eigenvalue weighted by Crippen LogP contribution is -2.40. The Labute approximate surface area is 129 Å². The number of ether oxygens (including phenoxy) is 2. The number of morpholine rings is 1. The van der Waals surface area contributed by atoms with E-state index in [-0.39, 0.29) is 5.91 Å². The van der Waals surface area contributed by atoms with Crippen molar-refractivity contribution >= 4 is 12.0 Å². The first-order valence-corrected chi connectivity index (χ1v) is 7.28. The third kappa shape index (κ3) is 4.71. The third-order valence-electron chi connectivity index (χ3n) is 3.52. The predicted octanol–water partition coefficient (Wildman–Crippen LogP) is 0.967. The van der Waals surface area contributed by atoms with Crippen LogP contribution in [0.15, 0.2) is 30.3 Å². The van der Waals surface area contributed by atoms with E-state index >= 15 is 0 Å². The van der Waals surface area contributed by atoms with Crippen LogP contribution in [0, 0.1) is 0 Å². The van der Waals surface area contributed by atoms with E-state index in [1.165, 1.54) is 0 Å². The molecule has 3 N–H and O–H groups in total. The van der Waals surface area contributed by atoms with E-state index in [9.17, 15) is 9.59 Å². The largest absolute Gasteiger partial charge is 0.440 e. The number of benzene rings is 1. The molecule has 0 aliphatic carbocycles. The van der Waals surface area contributed by atoms with Crippen molar-refractivity contribution in [1.82, 2.24) is 10.3 Å². The van der Waals surface area contributed by atoms with Crippen molar-refractivity contribution in [3.63, 3.8) is 0 Å². The first-order valence-electron chi connectivity index (χ1n) is 7.28. The molecule has 120 valence electrons. The van der Waals surface area contributed by atoms with E-state index in [0.717, 1.165) is 5.56 Å². The Balaban J connectivity index is 1.94. The Morgan fingerprint density at radius 1 is 1.27 bits per heavy atom. The highest BCUT2D eigenvalue weighted by atomic mass is 16.6. The van der Waals surface area contributed by atoms with Gasteiger partial charge in [0.15, 0.2) is 0 Å². The topological polar surface area (TPSA) is 93.9 Å². The molecule has 22 heavy (non-hydrogen) atoms. The molecule has 0 aromatic heterocycles. The molecule has 1 fully saturated rings. The van der Waals surface area contributed by atoms with Crippen LogP contribution in [-0.4, -0.2) is 43.2 Å². The number of rotatable bonds is 5. The van der Waals surface area contributed by atoms with Gasteiger partial charge < -0.3 is 14.4 Å². The van der Waals surface area contributed by atoms with Crippen molar-refractivity contribution in [2.45, 2.75) is 18.9 Å². The van der Waals surface area contributed by atoms with E-state index in [0.29, 0.717) is 39.1 Å². The van der Waals surface area contributed by atoms with Crippen LogP contribution in [-0.2, 0) is 14.3 Å². The highest BCUT2D eigenvalue weighted by Gasteiger charge is 2.21. The monoisotopic (exact) mass is 307 g/mol. The van der Waals surface area contributed by atoms with Gasteiger partial charge in [0.2, 0.25) is 5.91 Å². The van der Waals surface area contributed by atoms with Crippen LogP contribution in [0.5, 0.6) is 0 Å². The van der Waals surface area contributed by atoms with Gasteiger partial charge in [0.05, 0.1) is 13.2 Å². The molecule has 1 aliphatic heterocycles. The number of hydrazine groups is 1. The molecule has 7 nitrogen and oxygen atoms in total. The van der Waals surface area contributed by atoms with Crippen LogP contribution in [0.25, 0.3) is 0 Å². The molecule has 1 unspecified atom stereocenters. The average molecular weight is 307 g/mol. The quantitative estimate of drug-likeness (QED) is 0.480. The Bertz CT molecular complexity index is 489. The standard InChI is InChI=1S/C15H21N3O4/c16-17-15(20)22-13(12-4-2-1-3-5-12)6-7-14(19)18-8-10-21-11-9-18/h1-5,13H,6-11,16H2,(H,17,20). The van der Waals surface area contributed by atoms with E-state index < -0.39 is 12.2 Å². The van der Waals surface area contributed by atoms with Gasteiger partial charge in [0.25, 0.3) is 0 Å². The van der Waals surface area contributed by atoms with Crippen LogP contribution in [0.2, 0.25) is 0 Å². The summed E-state index contributed by atoms with van der Waals surface area (Å²) in [5.41, 5.74) is 2.78. The lowest BCUT2D eigenvalue weighted by molar-refractivity contribution is -0.135. The number of nitrogens with two attached hydrogens (primary N) is 1. The zero-order valence-electron chi connectivity index (χ0n) is 12.4. The lowest BCUT2D eigenvalue weighted by atomic mass is 10.0. The second-order valence-electron chi connectivity index (χ2n) is 4.98. The van der Waals surface area contributed by atoms with E-state index in [2.05, 4.69) is 0 Å². The zero-order valence-corrected chi connectivity index (χ0v) is 12.4. The minimum atomic E-state index is -0.715. The fourth-order valence-corrected chi connectivity index (χ4v) is 2.35. The SMILES string of the molecule is NNC(=O)OC(CCC(=O)N1CCOCC1)c1ccccc1. The first-order chi connectivity index (χ1) is 10.7. The number of carbonyl (C=O) groups excluding carboxylic acids is 2. The number of hydrogen-bond acceptors (Lipinski definition) is 5. The van der Waals surface area contributed by atoms with Crippen molar-refractivity contribution in [2.75, 3.05) is 26.3 Å². The molecule has 2 rings (SSSR count). The molecule has 1 atom stereocenters. The fraction of sp³-hybridized carbons (Fsp3) is 0.467. The zero-order chi connectivity index (χ0) is 15.8. The Morgan fingerprint density at radius 2 is 1.95 bits per heavy atom. The van der Waals surface area contributed by atoms with Gasteiger partial charge in [-0.2, -0.15) is 0 Å². The number of carbonyl (C=O) groups is 2. The molecule has 1 aliphatic rings. The molecule has 2 amide bonds. The summed E-state index contributed by atoms with van der Waals surface area (Å²) >= 11 is 0. The highest BCUT2D eigenvalue weighted by Crippen LogP contribution is 2.23. The summed E-state index contributed by atoms with van der Waals surface area (Å²) in [6, 6.07) is 9.30. The minimum Gasteiger partial charge on any atom is -0.440 e. The lowest BCUT2D eigenvalue weighted by Gasteiger charge is -2.27. The summed E-state index contributed by atoms with van der Waals surface area (Å²) in [7, 11) is 0. The predicted molar refractivity (Wildman–Crippen MR) is 79.6 cm³/mol. The van der Waals surface area contributed by atoms with E-state index in [1.807, 2.05) is 35.8 Å². The minimum absolute atomic E-state index is 0.0426. The molecule has 0 spiro atoms. The molecule has 1 aromatic rings. The van der Waals surface area contributed by atoms with Crippen LogP contribution in [0.1, 0.15) is 24.5 Å². The molecule has 1 heterocycles. The molecular weight excluding hydrogens is 286 g/mol. The molecule has 0 radical (unpaired) electrons. The molecule has 7 heteroatoms. The molecule has 0 bridgehead atoms. The van der Waals surface area contributed by atoms with Crippen molar-refractivity contribution in [3.05, 3.63) is 35.9 Å². The molecule has 1 saturated heterocycles. The third-order valence-corrected chi connectivity index (χ3v) is 3.52. The first kappa shape index (κ1) is 16.3. The summed E-state index contributed by atoms with van der Waals surface area (Å²) in [4.78, 5) is 25.3. The van der Waals surface area contributed by atoms with Gasteiger partial charge in [0.1, 0.15) is 6.10 Å². The summed E-state index contributed by atoms with van der Waals surface area (Å²) in [5.74, 6) is 5.10. The second kappa shape index (κ2) is 8.35. The van der Waals surface area contributed by atoms with Crippen LogP contribution in [0.4, 0.5) is 4.79 Å². The van der Waals surface area contributed by atoms with Gasteiger partial charge in [-0.05, 0) is 12.0 Å².